The first-order valence-electron chi connectivity index (χ1n) is 6.80. The van der Waals surface area contributed by atoms with Crippen molar-refractivity contribution in [1.29, 1.82) is 0 Å². The van der Waals surface area contributed by atoms with Crippen molar-refractivity contribution >= 4 is 35.0 Å². The highest BCUT2D eigenvalue weighted by Gasteiger charge is 2.31. The fourth-order valence-corrected chi connectivity index (χ4v) is 1.84. The van der Waals surface area contributed by atoms with Gasteiger partial charge in [0.15, 0.2) is 0 Å². The van der Waals surface area contributed by atoms with Crippen LogP contribution < -0.4 is 0 Å². The van der Waals surface area contributed by atoms with Crippen LogP contribution in [-0.2, 0) is 0 Å². The maximum atomic E-state index is 11.3. The normalized spacial score (nSPS) is 11.1. The molecule has 0 N–H and O–H groups in total. The first kappa shape index (κ1) is 21.2. The molecular weight excluding hydrogens is 333 g/mol. The molecule has 0 aromatic heterocycles. The molecule has 2 aromatic rings. The van der Waals surface area contributed by atoms with Crippen LogP contribution in [0, 0.1) is 6.92 Å². The first-order valence-corrected chi connectivity index (χ1v) is 8.31. The molecule has 124 valence electrons. The molecule has 5 heteroatoms. The fourth-order valence-electron chi connectivity index (χ4n) is 1.84. The lowest BCUT2D eigenvalue weighted by Crippen LogP contribution is -2.24. The van der Waals surface area contributed by atoms with Crippen molar-refractivity contribution in [2.24, 2.45) is 0 Å². The average molecular weight is 354 g/mol. The number of carbonyl (C=O) groups excluding carboxylic acids is 2. The molecule has 0 fully saturated rings. The zero-order valence-electron chi connectivity index (χ0n) is 13.7. The number of amides is 2. The number of alkyl halides is 2. The molecule has 3 rings (SSSR count). The maximum Gasteiger partial charge on any atom is 0.261 e. The lowest BCUT2D eigenvalue weighted by Gasteiger charge is -2.02. The topological polar surface area (TPSA) is 37.4 Å². The maximum absolute atomic E-state index is 11.3. The molecule has 1 aliphatic rings. The third-order valence-electron chi connectivity index (χ3n) is 2.94. The van der Waals surface area contributed by atoms with Crippen molar-refractivity contribution in [2.75, 3.05) is 19.8 Å². The zero-order valence-corrected chi connectivity index (χ0v) is 15.2. The van der Waals surface area contributed by atoms with E-state index in [1.165, 1.54) is 25.4 Å². The van der Waals surface area contributed by atoms with E-state index in [0.717, 1.165) is 4.90 Å². The summed E-state index contributed by atoms with van der Waals surface area (Å²) in [5.41, 5.74) is 2.33. The molecule has 2 aromatic carbocycles. The quantitative estimate of drug-likeness (QED) is 0.511. The van der Waals surface area contributed by atoms with Crippen molar-refractivity contribution < 1.29 is 9.59 Å². The Morgan fingerprint density at radius 1 is 0.696 bits per heavy atom. The molecule has 0 spiro atoms. The number of rotatable bonds is 0. The molecular formula is C18H21Cl2NO2. The smallest absolute Gasteiger partial charge is 0.261 e. The van der Waals surface area contributed by atoms with E-state index in [1.54, 1.807) is 24.3 Å². The van der Waals surface area contributed by atoms with Crippen LogP contribution in [0.4, 0.5) is 0 Å². The number of halogens is 2. The van der Waals surface area contributed by atoms with Gasteiger partial charge in [-0.05, 0) is 19.1 Å². The molecule has 0 atom stereocenters. The summed E-state index contributed by atoms with van der Waals surface area (Å²) in [4.78, 5) is 23.8. The lowest BCUT2D eigenvalue weighted by atomic mass is 10.1. The summed E-state index contributed by atoms with van der Waals surface area (Å²) in [6.07, 6.45) is 2.94. The van der Waals surface area contributed by atoms with Crippen LogP contribution in [0.3, 0.4) is 0 Å². The van der Waals surface area contributed by atoms with E-state index in [9.17, 15) is 9.59 Å². The van der Waals surface area contributed by atoms with Gasteiger partial charge in [-0.25, -0.2) is 0 Å². The van der Waals surface area contributed by atoms with Gasteiger partial charge in [-0.2, -0.15) is 0 Å². The number of imide groups is 1. The monoisotopic (exact) mass is 353 g/mol. The van der Waals surface area contributed by atoms with E-state index in [0.29, 0.717) is 11.1 Å². The Balaban J connectivity index is 0.000000377. The minimum atomic E-state index is -0.212. The Kier molecular flexibility index (Phi) is 10.8. The molecule has 0 radical (unpaired) electrons. The second-order valence-electron chi connectivity index (χ2n) is 4.37. The summed E-state index contributed by atoms with van der Waals surface area (Å²) < 4.78 is 0. The molecule has 2 amide bonds. The molecule has 0 aliphatic carbocycles. The summed E-state index contributed by atoms with van der Waals surface area (Å²) >= 11 is 9.28. The Morgan fingerprint density at radius 3 is 1.35 bits per heavy atom. The Morgan fingerprint density at radius 2 is 1.04 bits per heavy atom. The molecule has 1 heterocycles. The van der Waals surface area contributed by atoms with Gasteiger partial charge < -0.3 is 0 Å². The van der Waals surface area contributed by atoms with Crippen LogP contribution in [0.2, 0.25) is 0 Å². The molecule has 23 heavy (non-hydrogen) atoms. The van der Waals surface area contributed by atoms with Gasteiger partial charge in [0.25, 0.3) is 11.8 Å². The van der Waals surface area contributed by atoms with Crippen molar-refractivity contribution in [1.82, 2.24) is 4.90 Å². The number of carbonyl (C=O) groups is 2. The first-order chi connectivity index (χ1) is 11.1. The van der Waals surface area contributed by atoms with Gasteiger partial charge in [-0.1, -0.05) is 48.0 Å². The fraction of sp³-hybridized carbons (Fsp3) is 0.222. The van der Waals surface area contributed by atoms with Gasteiger partial charge in [0, 0.05) is 19.8 Å². The number of hydrogen-bond acceptors (Lipinski definition) is 2. The Hall–Kier alpha value is -1.84. The summed E-state index contributed by atoms with van der Waals surface area (Å²) in [5.74, 6) is -0.425. The number of fused-ring (bicyclic) bond motifs is 1. The van der Waals surface area contributed by atoms with Gasteiger partial charge in [0.1, 0.15) is 0 Å². The minimum Gasteiger partial charge on any atom is -0.277 e. The van der Waals surface area contributed by atoms with E-state index in [1.807, 2.05) is 18.2 Å². The van der Waals surface area contributed by atoms with Crippen molar-refractivity contribution in [3.05, 3.63) is 71.3 Å². The molecule has 1 aliphatic heterocycles. The molecule has 0 unspecified atom stereocenters. The number of benzene rings is 2. The van der Waals surface area contributed by atoms with Crippen molar-refractivity contribution in [3.63, 3.8) is 0 Å². The molecule has 0 saturated heterocycles. The summed E-state index contributed by atoms with van der Waals surface area (Å²) in [5, 5.41) is 0. The number of aryl methyl sites for hydroxylation is 1. The van der Waals surface area contributed by atoms with Crippen LogP contribution >= 0.6 is 23.2 Å². The van der Waals surface area contributed by atoms with Crippen molar-refractivity contribution in [3.8, 4) is 0 Å². The van der Waals surface area contributed by atoms with Crippen LogP contribution in [0.15, 0.2) is 54.6 Å². The largest absolute Gasteiger partial charge is 0.277 e. The van der Waals surface area contributed by atoms with E-state index >= 15 is 0 Å². The standard InChI is InChI=1S/C9H7NO2.C7H8.2CH3Cl/c1-10-8(11)6-4-2-3-5-7(6)9(10)12;1-7-5-3-2-4-6-7;2*1-2/h2-5H,1H3;2-6H,1H3;2*1H3. The Labute approximate surface area is 147 Å². The van der Waals surface area contributed by atoms with Crippen LogP contribution in [0.25, 0.3) is 0 Å². The summed E-state index contributed by atoms with van der Waals surface area (Å²) in [7, 11) is 1.49. The van der Waals surface area contributed by atoms with Gasteiger partial charge >= 0.3 is 0 Å². The van der Waals surface area contributed by atoms with Gasteiger partial charge in [0.2, 0.25) is 0 Å². The third kappa shape index (κ3) is 6.05. The molecule has 0 saturated carbocycles. The predicted molar refractivity (Wildman–Crippen MR) is 97.6 cm³/mol. The SMILES string of the molecule is CCl.CCl.CN1C(=O)c2ccccc2C1=O.Cc1ccccc1. The van der Waals surface area contributed by atoms with Crippen LogP contribution in [0.5, 0.6) is 0 Å². The number of nitrogens with zero attached hydrogens (tertiary/aromatic N) is 1. The molecule has 0 bridgehead atoms. The average Bonchev–Trinajstić information content (AvgIpc) is 2.85. The highest BCUT2D eigenvalue weighted by atomic mass is 35.5. The Bertz CT molecular complexity index is 580. The van der Waals surface area contributed by atoms with Crippen LogP contribution in [0.1, 0.15) is 26.3 Å². The second kappa shape index (κ2) is 11.7. The van der Waals surface area contributed by atoms with Gasteiger partial charge in [0.05, 0.1) is 11.1 Å². The molecule has 3 nitrogen and oxygen atoms in total. The zero-order chi connectivity index (χ0) is 17.8. The number of hydrogen-bond donors (Lipinski definition) is 0. The van der Waals surface area contributed by atoms with Crippen LogP contribution in [-0.4, -0.2) is 36.5 Å². The lowest BCUT2D eigenvalue weighted by molar-refractivity contribution is 0.0693. The third-order valence-corrected chi connectivity index (χ3v) is 2.94. The summed E-state index contributed by atoms with van der Waals surface area (Å²) in [6.45, 7) is 2.08. The van der Waals surface area contributed by atoms with E-state index in [-0.39, 0.29) is 11.8 Å². The van der Waals surface area contributed by atoms with Gasteiger partial charge in [-0.15, -0.1) is 23.2 Å². The van der Waals surface area contributed by atoms with E-state index in [2.05, 4.69) is 42.3 Å². The summed E-state index contributed by atoms with van der Waals surface area (Å²) in [6, 6.07) is 17.1. The minimum absolute atomic E-state index is 0.212. The van der Waals surface area contributed by atoms with E-state index in [4.69, 9.17) is 0 Å². The van der Waals surface area contributed by atoms with Crippen molar-refractivity contribution in [2.45, 2.75) is 6.92 Å². The van der Waals surface area contributed by atoms with Gasteiger partial charge in [-0.3, -0.25) is 14.5 Å². The second-order valence-corrected chi connectivity index (χ2v) is 4.37. The van der Waals surface area contributed by atoms with E-state index < -0.39 is 0 Å². The highest BCUT2D eigenvalue weighted by molar-refractivity contribution is 6.21. The highest BCUT2D eigenvalue weighted by Crippen LogP contribution is 2.20. The predicted octanol–water partition coefficient (Wildman–Crippen LogP) is 4.62.